The van der Waals surface area contributed by atoms with E-state index in [0.29, 0.717) is 24.9 Å². The molecule has 3 aromatic heterocycles. The summed E-state index contributed by atoms with van der Waals surface area (Å²) >= 11 is 0. The monoisotopic (exact) mass is 515 g/mol. The van der Waals surface area contributed by atoms with Gasteiger partial charge in [0.1, 0.15) is 6.26 Å². The summed E-state index contributed by atoms with van der Waals surface area (Å²) in [5.41, 5.74) is 2.82. The van der Waals surface area contributed by atoms with Crippen LogP contribution in [-0.2, 0) is 13.1 Å². The summed E-state index contributed by atoms with van der Waals surface area (Å²) < 4.78 is 7.30. The summed E-state index contributed by atoms with van der Waals surface area (Å²) in [7, 11) is 1.73. The molecule has 154 valence electrons. The van der Waals surface area contributed by atoms with Gasteiger partial charge in [-0.25, -0.2) is 14.6 Å². The lowest BCUT2D eigenvalue weighted by Gasteiger charge is -2.11. The quantitative estimate of drug-likeness (QED) is 0.232. The van der Waals surface area contributed by atoms with E-state index in [-0.39, 0.29) is 24.0 Å². The third kappa shape index (κ3) is 5.44. The molecule has 0 bridgehead atoms. The van der Waals surface area contributed by atoms with Crippen LogP contribution in [0, 0.1) is 0 Å². The Kier molecular flexibility index (Phi) is 7.55. The van der Waals surface area contributed by atoms with Crippen molar-refractivity contribution in [2.75, 3.05) is 7.05 Å². The second kappa shape index (κ2) is 10.5. The lowest BCUT2D eigenvalue weighted by molar-refractivity contribution is 0.572. The minimum absolute atomic E-state index is 0. The smallest absolute Gasteiger partial charge is 0.226 e. The highest BCUT2D eigenvalue weighted by atomic mass is 127. The maximum Gasteiger partial charge on any atom is 0.226 e. The fourth-order valence-electron chi connectivity index (χ4n) is 2.78. The highest BCUT2D eigenvalue weighted by Gasteiger charge is 2.07. The standard InChI is InChI=1S/C21H21N7O.HI/c1-22-21(24-13-16-8-10-23-19(12-16)28-11-5-9-26-28)25-14-18-15-29-20(27-18)17-6-3-2-4-7-17;/h2-12,15H,13-14H2,1H3,(H2,22,24,25);1H. The van der Waals surface area contributed by atoms with Crippen LogP contribution in [0.5, 0.6) is 0 Å². The predicted molar refractivity (Wildman–Crippen MR) is 126 cm³/mol. The van der Waals surface area contributed by atoms with Crippen molar-refractivity contribution in [1.29, 1.82) is 0 Å². The topological polar surface area (TPSA) is 93.2 Å². The van der Waals surface area contributed by atoms with Gasteiger partial charge in [0.25, 0.3) is 0 Å². The number of hydrogen-bond donors (Lipinski definition) is 2. The second-order valence-corrected chi connectivity index (χ2v) is 6.26. The second-order valence-electron chi connectivity index (χ2n) is 6.26. The van der Waals surface area contributed by atoms with Crippen LogP contribution in [0.1, 0.15) is 11.3 Å². The Morgan fingerprint density at radius 2 is 1.90 bits per heavy atom. The summed E-state index contributed by atoms with van der Waals surface area (Å²) in [6.45, 7) is 1.11. The number of pyridine rings is 1. The third-order valence-electron chi connectivity index (χ3n) is 4.24. The van der Waals surface area contributed by atoms with Gasteiger partial charge in [-0.05, 0) is 35.9 Å². The molecule has 2 N–H and O–H groups in total. The number of nitrogens with one attached hydrogen (secondary N) is 2. The molecule has 0 fully saturated rings. The minimum Gasteiger partial charge on any atom is -0.444 e. The van der Waals surface area contributed by atoms with Gasteiger partial charge in [-0.2, -0.15) is 5.10 Å². The van der Waals surface area contributed by atoms with Gasteiger partial charge in [0.2, 0.25) is 5.89 Å². The Morgan fingerprint density at radius 1 is 1.07 bits per heavy atom. The summed E-state index contributed by atoms with van der Waals surface area (Å²) in [4.78, 5) is 13.1. The summed E-state index contributed by atoms with van der Waals surface area (Å²) in [5.74, 6) is 2.05. The molecule has 0 saturated heterocycles. The van der Waals surface area contributed by atoms with Gasteiger partial charge in [-0.3, -0.25) is 4.99 Å². The molecule has 0 aliphatic rings. The third-order valence-corrected chi connectivity index (χ3v) is 4.24. The molecule has 1 aromatic carbocycles. The largest absolute Gasteiger partial charge is 0.444 e. The van der Waals surface area contributed by atoms with Gasteiger partial charge in [-0.15, -0.1) is 24.0 Å². The van der Waals surface area contributed by atoms with E-state index in [2.05, 4.69) is 30.7 Å². The molecule has 0 aliphatic heterocycles. The molecule has 8 nitrogen and oxygen atoms in total. The molecule has 0 saturated carbocycles. The zero-order valence-corrected chi connectivity index (χ0v) is 18.7. The average Bonchev–Trinajstić information content (AvgIpc) is 3.47. The molecule has 9 heteroatoms. The van der Waals surface area contributed by atoms with E-state index in [1.54, 1.807) is 30.4 Å². The zero-order chi connectivity index (χ0) is 19.9. The van der Waals surface area contributed by atoms with E-state index in [4.69, 9.17) is 4.42 Å². The molecule has 0 spiro atoms. The number of hydrogen-bond acceptors (Lipinski definition) is 5. The predicted octanol–water partition coefficient (Wildman–Crippen LogP) is 3.41. The van der Waals surface area contributed by atoms with Crippen LogP contribution in [-0.4, -0.2) is 32.8 Å². The number of rotatable bonds is 6. The Morgan fingerprint density at radius 3 is 2.67 bits per heavy atom. The highest BCUT2D eigenvalue weighted by Crippen LogP contribution is 2.17. The molecule has 30 heavy (non-hydrogen) atoms. The number of halogens is 1. The Bertz CT molecular complexity index is 1080. The van der Waals surface area contributed by atoms with Crippen LogP contribution >= 0.6 is 24.0 Å². The van der Waals surface area contributed by atoms with E-state index in [1.807, 2.05) is 54.7 Å². The zero-order valence-electron chi connectivity index (χ0n) is 16.4. The lowest BCUT2D eigenvalue weighted by atomic mass is 10.2. The van der Waals surface area contributed by atoms with Gasteiger partial charge in [0.15, 0.2) is 11.8 Å². The van der Waals surface area contributed by atoms with Crippen molar-refractivity contribution in [1.82, 2.24) is 30.4 Å². The van der Waals surface area contributed by atoms with E-state index >= 15 is 0 Å². The van der Waals surface area contributed by atoms with Crippen molar-refractivity contribution in [3.05, 3.63) is 84.6 Å². The van der Waals surface area contributed by atoms with Crippen LogP contribution in [0.25, 0.3) is 17.3 Å². The lowest BCUT2D eigenvalue weighted by Crippen LogP contribution is -2.36. The average molecular weight is 515 g/mol. The molecule has 0 radical (unpaired) electrons. The summed E-state index contributed by atoms with van der Waals surface area (Å²) in [6.07, 6.45) is 7.01. The van der Waals surface area contributed by atoms with Gasteiger partial charge >= 0.3 is 0 Å². The van der Waals surface area contributed by atoms with Crippen molar-refractivity contribution in [2.24, 2.45) is 4.99 Å². The van der Waals surface area contributed by atoms with Gasteiger partial charge in [-0.1, -0.05) is 18.2 Å². The van der Waals surface area contributed by atoms with Crippen molar-refractivity contribution in [2.45, 2.75) is 13.1 Å². The Labute approximate surface area is 191 Å². The number of benzene rings is 1. The first-order valence-corrected chi connectivity index (χ1v) is 9.21. The van der Waals surface area contributed by atoms with Gasteiger partial charge in [0.05, 0.1) is 12.2 Å². The fourth-order valence-corrected chi connectivity index (χ4v) is 2.78. The Hall–Kier alpha value is -3.21. The van der Waals surface area contributed by atoms with Crippen LogP contribution < -0.4 is 10.6 Å². The molecule has 0 aliphatic carbocycles. The van der Waals surface area contributed by atoms with Crippen molar-refractivity contribution < 1.29 is 4.42 Å². The van der Waals surface area contributed by atoms with Crippen LogP contribution in [0.15, 0.2) is 82.8 Å². The highest BCUT2D eigenvalue weighted by molar-refractivity contribution is 14.0. The van der Waals surface area contributed by atoms with E-state index in [0.717, 1.165) is 22.6 Å². The number of guanidine groups is 1. The first-order chi connectivity index (χ1) is 14.3. The maximum absolute atomic E-state index is 5.57. The van der Waals surface area contributed by atoms with Crippen LogP contribution in [0.3, 0.4) is 0 Å². The Balaban J connectivity index is 0.00000256. The SMILES string of the molecule is CN=C(NCc1ccnc(-n2cccn2)c1)NCc1coc(-c2ccccc2)n1.I. The molecule has 4 rings (SSSR count). The van der Waals surface area contributed by atoms with Crippen molar-refractivity contribution in [3.63, 3.8) is 0 Å². The van der Waals surface area contributed by atoms with E-state index in [1.165, 1.54) is 0 Å². The summed E-state index contributed by atoms with van der Waals surface area (Å²) in [6, 6.07) is 15.6. The van der Waals surface area contributed by atoms with Crippen molar-refractivity contribution >= 4 is 29.9 Å². The number of aliphatic imine (C=N–C) groups is 1. The molecule has 4 aromatic rings. The summed E-state index contributed by atoms with van der Waals surface area (Å²) in [5, 5.41) is 10.7. The number of aromatic nitrogens is 4. The molecule has 0 atom stereocenters. The van der Waals surface area contributed by atoms with Gasteiger partial charge in [0, 0.05) is 37.7 Å². The maximum atomic E-state index is 5.57. The van der Waals surface area contributed by atoms with Gasteiger partial charge < -0.3 is 15.1 Å². The van der Waals surface area contributed by atoms with Crippen molar-refractivity contribution in [3.8, 4) is 17.3 Å². The first-order valence-electron chi connectivity index (χ1n) is 9.21. The first kappa shape index (κ1) is 21.5. The van der Waals surface area contributed by atoms with E-state index in [9.17, 15) is 0 Å². The number of nitrogens with zero attached hydrogens (tertiary/aromatic N) is 5. The van der Waals surface area contributed by atoms with E-state index < -0.39 is 0 Å². The molecule has 3 heterocycles. The molecular weight excluding hydrogens is 493 g/mol. The molecule has 0 amide bonds. The molecule has 0 unspecified atom stereocenters. The normalized spacial score (nSPS) is 11.0. The molecular formula is C21H22IN7O. The van der Waals surface area contributed by atoms with Crippen LogP contribution in [0.2, 0.25) is 0 Å². The fraction of sp³-hybridized carbons (Fsp3) is 0.143. The van der Waals surface area contributed by atoms with Crippen LogP contribution in [0.4, 0.5) is 0 Å². The number of oxazole rings is 1. The minimum atomic E-state index is 0.